The summed E-state index contributed by atoms with van der Waals surface area (Å²) in [7, 11) is 0. The maximum atomic E-state index is 11.9. The van der Waals surface area contributed by atoms with E-state index < -0.39 is 17.2 Å². The molecule has 0 spiro atoms. The highest BCUT2D eigenvalue weighted by molar-refractivity contribution is 5.79. The summed E-state index contributed by atoms with van der Waals surface area (Å²) in [4.78, 5) is 20.8. The number of ether oxygens (including phenoxy) is 1. The zero-order chi connectivity index (χ0) is 13.0. The van der Waals surface area contributed by atoms with E-state index in [1.54, 1.807) is 0 Å². The number of rotatable bonds is 5. The molecule has 0 fully saturated rings. The lowest BCUT2D eigenvalue weighted by Gasteiger charge is -2.06. The van der Waals surface area contributed by atoms with Gasteiger partial charge < -0.3 is 4.74 Å². The molecule has 1 aromatic carbocycles. The summed E-state index contributed by atoms with van der Waals surface area (Å²) in [6, 6.07) is 3.28. The van der Waals surface area contributed by atoms with Gasteiger partial charge in [0.25, 0.3) is 5.69 Å². The molecule has 0 amide bonds. The molecule has 0 aliphatic heterocycles. The number of hydrogen-bond donors (Lipinski definition) is 0. The Kier molecular flexibility index (Phi) is 4.08. The van der Waals surface area contributed by atoms with Crippen molar-refractivity contribution < 1.29 is 23.2 Å². The van der Waals surface area contributed by atoms with Gasteiger partial charge in [-0.25, -0.2) is 0 Å². The molecule has 0 N–H and O–H groups in total. The van der Waals surface area contributed by atoms with Gasteiger partial charge in [0.1, 0.15) is 11.5 Å². The number of alkyl halides is 2. The minimum Gasteiger partial charge on any atom is -0.435 e. The van der Waals surface area contributed by atoms with Crippen LogP contribution in [0.2, 0.25) is 0 Å². The number of ketones is 1. The van der Waals surface area contributed by atoms with Gasteiger partial charge >= 0.3 is 6.61 Å². The second-order valence-corrected chi connectivity index (χ2v) is 3.30. The molecule has 0 saturated heterocycles. The molecule has 5 nitrogen and oxygen atoms in total. The topological polar surface area (TPSA) is 69.4 Å². The number of benzene rings is 1. The Balaban J connectivity index is 3.08. The van der Waals surface area contributed by atoms with Crippen LogP contribution >= 0.6 is 0 Å². The fourth-order valence-electron chi connectivity index (χ4n) is 1.31. The maximum absolute atomic E-state index is 11.9. The number of carbonyl (C=O) groups excluding carboxylic acids is 1. The smallest absolute Gasteiger partial charge is 0.387 e. The zero-order valence-electron chi connectivity index (χ0n) is 8.85. The summed E-state index contributed by atoms with van der Waals surface area (Å²) >= 11 is 0. The summed E-state index contributed by atoms with van der Waals surface area (Å²) in [5.41, 5.74) is -0.234. The SMILES string of the molecule is CC(=O)Cc1ccc(OC(F)F)cc1[N+](=O)[O-]. The second kappa shape index (κ2) is 5.33. The van der Waals surface area contributed by atoms with Gasteiger partial charge in [0.05, 0.1) is 11.0 Å². The van der Waals surface area contributed by atoms with Gasteiger partial charge in [0, 0.05) is 12.0 Å². The summed E-state index contributed by atoms with van der Waals surface area (Å²) in [5.74, 6) is -0.561. The largest absolute Gasteiger partial charge is 0.435 e. The first-order valence-electron chi connectivity index (χ1n) is 4.61. The van der Waals surface area contributed by atoms with Crippen LogP contribution in [0.25, 0.3) is 0 Å². The number of Topliss-reactive ketones (excluding diaryl/α,β-unsaturated/α-hetero) is 1. The minimum absolute atomic E-state index is 0.120. The van der Waals surface area contributed by atoms with Crippen molar-refractivity contribution in [2.75, 3.05) is 0 Å². The van der Waals surface area contributed by atoms with E-state index in [1.807, 2.05) is 0 Å². The average molecular weight is 245 g/mol. The van der Waals surface area contributed by atoms with Crippen LogP contribution in [0, 0.1) is 10.1 Å². The Morgan fingerprint density at radius 1 is 1.53 bits per heavy atom. The Morgan fingerprint density at radius 3 is 2.65 bits per heavy atom. The fourth-order valence-corrected chi connectivity index (χ4v) is 1.31. The highest BCUT2D eigenvalue weighted by Gasteiger charge is 2.17. The van der Waals surface area contributed by atoms with E-state index in [2.05, 4.69) is 4.74 Å². The van der Waals surface area contributed by atoms with Crippen LogP contribution in [0.5, 0.6) is 5.75 Å². The normalized spacial score (nSPS) is 10.4. The van der Waals surface area contributed by atoms with Crippen molar-refractivity contribution in [3.05, 3.63) is 33.9 Å². The first-order chi connectivity index (χ1) is 7.90. The standard InChI is InChI=1S/C10H9F2NO4/c1-6(14)4-7-2-3-8(17-10(11)12)5-9(7)13(15)16/h2-3,5,10H,4H2,1H3. The Labute approximate surface area is 95.2 Å². The van der Waals surface area contributed by atoms with Crippen molar-refractivity contribution in [2.45, 2.75) is 20.0 Å². The van der Waals surface area contributed by atoms with Crippen LogP contribution < -0.4 is 4.74 Å². The molecule has 0 saturated carbocycles. The predicted octanol–water partition coefficient (Wildman–Crippen LogP) is 2.33. The highest BCUT2D eigenvalue weighted by atomic mass is 19.3. The van der Waals surface area contributed by atoms with Crippen molar-refractivity contribution in [3.8, 4) is 5.75 Å². The third-order valence-electron chi connectivity index (χ3n) is 1.92. The summed E-state index contributed by atoms with van der Waals surface area (Å²) in [5, 5.41) is 10.7. The van der Waals surface area contributed by atoms with Gasteiger partial charge in [-0.05, 0) is 19.1 Å². The van der Waals surface area contributed by atoms with Crippen LogP contribution in [0.3, 0.4) is 0 Å². The minimum atomic E-state index is -3.05. The molecule has 0 heterocycles. The van der Waals surface area contributed by atoms with E-state index in [1.165, 1.54) is 13.0 Å². The Hall–Kier alpha value is -2.05. The molecule has 17 heavy (non-hydrogen) atoms. The molecule has 92 valence electrons. The lowest BCUT2D eigenvalue weighted by molar-refractivity contribution is -0.385. The highest BCUT2D eigenvalue weighted by Crippen LogP contribution is 2.26. The summed E-state index contributed by atoms with van der Waals surface area (Å²) in [6.45, 7) is -1.76. The number of carbonyl (C=O) groups is 1. The maximum Gasteiger partial charge on any atom is 0.387 e. The van der Waals surface area contributed by atoms with Gasteiger partial charge in [-0.1, -0.05) is 0 Å². The van der Waals surface area contributed by atoms with E-state index in [0.29, 0.717) is 0 Å². The molecule has 1 rings (SSSR count). The van der Waals surface area contributed by atoms with Gasteiger partial charge in [-0.3, -0.25) is 14.9 Å². The van der Waals surface area contributed by atoms with Gasteiger partial charge in [-0.2, -0.15) is 8.78 Å². The quantitative estimate of drug-likeness (QED) is 0.589. The molecular formula is C10H9F2NO4. The molecule has 0 bridgehead atoms. The number of nitro groups is 1. The first kappa shape index (κ1) is 13.0. The molecule has 0 atom stereocenters. The second-order valence-electron chi connectivity index (χ2n) is 3.30. The van der Waals surface area contributed by atoms with E-state index in [0.717, 1.165) is 12.1 Å². The predicted molar refractivity (Wildman–Crippen MR) is 54.1 cm³/mol. The van der Waals surface area contributed by atoms with Crippen molar-refractivity contribution >= 4 is 11.5 Å². The van der Waals surface area contributed by atoms with Crippen molar-refractivity contribution in [3.63, 3.8) is 0 Å². The Morgan fingerprint density at radius 2 is 2.18 bits per heavy atom. The molecule has 0 aromatic heterocycles. The number of hydrogen-bond acceptors (Lipinski definition) is 4. The molecule has 0 radical (unpaired) electrons. The molecule has 0 unspecified atom stereocenters. The fraction of sp³-hybridized carbons (Fsp3) is 0.300. The first-order valence-corrected chi connectivity index (χ1v) is 4.61. The van der Waals surface area contributed by atoms with Gasteiger partial charge in [-0.15, -0.1) is 0 Å². The van der Waals surface area contributed by atoms with Gasteiger partial charge in [0.2, 0.25) is 0 Å². The zero-order valence-corrected chi connectivity index (χ0v) is 8.85. The summed E-state index contributed by atoms with van der Waals surface area (Å²) in [6.07, 6.45) is -0.120. The lowest BCUT2D eigenvalue weighted by atomic mass is 10.1. The average Bonchev–Trinajstić information content (AvgIpc) is 2.18. The van der Waals surface area contributed by atoms with E-state index >= 15 is 0 Å². The van der Waals surface area contributed by atoms with Crippen LogP contribution in [-0.2, 0) is 11.2 Å². The van der Waals surface area contributed by atoms with Crippen LogP contribution in [0.4, 0.5) is 14.5 Å². The number of nitrogens with zero attached hydrogens (tertiary/aromatic N) is 1. The Bertz CT molecular complexity index is 448. The third kappa shape index (κ3) is 3.78. The molecular weight excluding hydrogens is 236 g/mol. The van der Waals surface area contributed by atoms with Crippen LogP contribution in [0.1, 0.15) is 12.5 Å². The molecule has 7 heteroatoms. The van der Waals surface area contributed by atoms with E-state index in [-0.39, 0.29) is 23.5 Å². The lowest BCUT2D eigenvalue weighted by Crippen LogP contribution is -2.05. The van der Waals surface area contributed by atoms with Crippen molar-refractivity contribution in [1.29, 1.82) is 0 Å². The molecule has 1 aromatic rings. The summed E-state index contributed by atoms with van der Waals surface area (Å²) < 4.78 is 27.9. The van der Waals surface area contributed by atoms with E-state index in [9.17, 15) is 23.7 Å². The van der Waals surface area contributed by atoms with Crippen molar-refractivity contribution in [2.24, 2.45) is 0 Å². The monoisotopic (exact) mass is 245 g/mol. The third-order valence-corrected chi connectivity index (χ3v) is 1.92. The van der Waals surface area contributed by atoms with Crippen molar-refractivity contribution in [1.82, 2.24) is 0 Å². The van der Waals surface area contributed by atoms with Crippen LogP contribution in [-0.4, -0.2) is 17.3 Å². The number of halogens is 2. The van der Waals surface area contributed by atoms with Gasteiger partial charge in [0.15, 0.2) is 0 Å². The number of nitro benzene ring substituents is 1. The van der Waals surface area contributed by atoms with E-state index in [4.69, 9.17) is 0 Å². The molecule has 0 aliphatic rings. The molecule has 0 aliphatic carbocycles. The van der Waals surface area contributed by atoms with Crippen LogP contribution in [0.15, 0.2) is 18.2 Å².